The fourth-order valence-electron chi connectivity index (χ4n) is 7.39. The molecular formula is C48H30O. The second-order valence-electron chi connectivity index (χ2n) is 12.3. The predicted molar refractivity (Wildman–Crippen MR) is 208 cm³/mol. The summed E-state index contributed by atoms with van der Waals surface area (Å²) in [5.41, 5.74) is 7.44. The van der Waals surface area contributed by atoms with Crippen LogP contribution in [0.4, 0.5) is 0 Å². The van der Waals surface area contributed by atoms with E-state index in [1.807, 2.05) is 48.5 Å². The zero-order chi connectivity index (χ0) is 38.4. The summed E-state index contributed by atoms with van der Waals surface area (Å²) in [4.78, 5) is 0. The van der Waals surface area contributed by atoms with Crippen molar-refractivity contribution in [2.45, 2.75) is 0 Å². The lowest BCUT2D eigenvalue weighted by molar-refractivity contribution is 0.670. The van der Waals surface area contributed by atoms with Gasteiger partial charge in [0.05, 0.1) is 9.60 Å². The first-order chi connectivity index (χ1) is 27.2. The van der Waals surface area contributed by atoms with E-state index in [2.05, 4.69) is 91.0 Å². The second kappa shape index (κ2) is 11.1. The third kappa shape index (κ3) is 4.40. The van der Waals surface area contributed by atoms with Crippen molar-refractivity contribution in [3.63, 3.8) is 0 Å². The second-order valence-corrected chi connectivity index (χ2v) is 12.3. The lowest BCUT2D eigenvalue weighted by Crippen LogP contribution is -1.91. The van der Waals surface area contributed by atoms with Gasteiger partial charge in [0.25, 0.3) is 0 Å². The molecule has 0 amide bonds. The lowest BCUT2D eigenvalue weighted by Gasteiger charge is -2.18. The number of benzene rings is 9. The van der Waals surface area contributed by atoms with Crippen LogP contribution in [-0.4, -0.2) is 0 Å². The van der Waals surface area contributed by atoms with Crippen LogP contribution in [0.1, 0.15) is 9.60 Å². The molecule has 1 aromatic heterocycles. The van der Waals surface area contributed by atoms with E-state index in [0.717, 1.165) is 49.4 Å². The minimum absolute atomic E-state index is 0.0405. The van der Waals surface area contributed by atoms with E-state index in [-0.39, 0.29) is 57.7 Å². The van der Waals surface area contributed by atoms with E-state index < -0.39 is 12.1 Å². The molecule has 1 heterocycles. The summed E-state index contributed by atoms with van der Waals surface area (Å²) in [5, 5.41) is 6.00. The molecule has 0 N–H and O–H groups in total. The van der Waals surface area contributed by atoms with Gasteiger partial charge in [-0.15, -0.1) is 0 Å². The summed E-state index contributed by atoms with van der Waals surface area (Å²) >= 11 is 0. The molecule has 0 spiro atoms. The Morgan fingerprint density at radius 1 is 0.367 bits per heavy atom. The summed E-state index contributed by atoms with van der Waals surface area (Å²) < 4.78 is 67.3. The van der Waals surface area contributed by atoms with Crippen LogP contribution in [0.5, 0.6) is 0 Å². The number of rotatable bonds is 4. The molecular weight excluding hydrogens is 593 g/mol. The van der Waals surface area contributed by atoms with Crippen LogP contribution in [0.2, 0.25) is 0 Å². The van der Waals surface area contributed by atoms with Crippen molar-refractivity contribution in [3.8, 4) is 44.5 Å². The van der Waals surface area contributed by atoms with Crippen molar-refractivity contribution >= 4 is 54.3 Å². The standard InChI is InChI=1S/C48H30O/c1-2-16-36-32(12-1)13-10-22-37(36)35-15-9-14-34(30-35)31-26-28-33(29-27-31)46-39-18-3-5-20-41(39)47(42-21-6-4-19-40(42)46)44-24-11-23-43-38-17-7-8-25-45(38)49-48(43)44/h1-30H/i7D,8D,11D,17D,23D,24D,25D. The molecule has 0 aliphatic rings. The van der Waals surface area contributed by atoms with Gasteiger partial charge in [0.15, 0.2) is 0 Å². The molecule has 0 radical (unpaired) electrons. The molecule has 10 rings (SSSR count). The molecule has 0 fully saturated rings. The van der Waals surface area contributed by atoms with Crippen molar-refractivity contribution in [3.05, 3.63) is 182 Å². The van der Waals surface area contributed by atoms with Gasteiger partial charge in [0.2, 0.25) is 0 Å². The molecule has 0 aliphatic carbocycles. The van der Waals surface area contributed by atoms with Crippen LogP contribution in [0.3, 0.4) is 0 Å². The van der Waals surface area contributed by atoms with Crippen LogP contribution < -0.4 is 0 Å². The molecule has 1 heteroatoms. The van der Waals surface area contributed by atoms with Crippen molar-refractivity contribution < 1.29 is 14.0 Å². The molecule has 0 atom stereocenters. The Morgan fingerprint density at radius 2 is 0.959 bits per heavy atom. The van der Waals surface area contributed by atoms with Crippen molar-refractivity contribution in [2.24, 2.45) is 0 Å². The SMILES string of the molecule is [2H]c1c([2H])c([2H])c2c(oc3c(-c4c5ccccc5c(-c5ccc(-c6cccc(-c7cccc8ccccc78)c6)cc5)c5ccccc45)c([2H])c([2H])c([2H])c32)c1[2H]. The molecule has 10 aromatic rings. The Kier molecular flexibility index (Phi) is 4.85. The molecule has 228 valence electrons. The average Bonchev–Trinajstić information content (AvgIpc) is 3.64. The van der Waals surface area contributed by atoms with Gasteiger partial charge >= 0.3 is 0 Å². The fraction of sp³-hybridized carbons (Fsp3) is 0. The number of hydrogen-bond donors (Lipinski definition) is 0. The molecule has 0 bridgehead atoms. The summed E-state index contributed by atoms with van der Waals surface area (Å²) in [6.45, 7) is 0. The summed E-state index contributed by atoms with van der Waals surface area (Å²) in [5.74, 6) is 0. The molecule has 0 unspecified atom stereocenters. The van der Waals surface area contributed by atoms with E-state index in [1.165, 1.54) is 16.3 Å². The highest BCUT2D eigenvalue weighted by atomic mass is 16.3. The van der Waals surface area contributed by atoms with Crippen LogP contribution in [0, 0.1) is 0 Å². The first-order valence-corrected chi connectivity index (χ1v) is 16.3. The predicted octanol–water partition coefficient (Wildman–Crippen LogP) is 13.7. The quantitative estimate of drug-likeness (QED) is 0.177. The monoisotopic (exact) mass is 629 g/mol. The molecule has 0 saturated heterocycles. The Morgan fingerprint density at radius 3 is 1.73 bits per heavy atom. The Balaban J connectivity index is 1.18. The van der Waals surface area contributed by atoms with Crippen LogP contribution in [0.25, 0.3) is 98.8 Å². The van der Waals surface area contributed by atoms with Gasteiger partial charge < -0.3 is 4.42 Å². The largest absolute Gasteiger partial charge is 0.455 e. The van der Waals surface area contributed by atoms with Gasteiger partial charge in [-0.1, -0.05) is 170 Å². The van der Waals surface area contributed by atoms with Gasteiger partial charge in [-0.25, -0.2) is 0 Å². The van der Waals surface area contributed by atoms with Crippen LogP contribution in [-0.2, 0) is 0 Å². The summed E-state index contributed by atoms with van der Waals surface area (Å²) in [7, 11) is 0. The maximum Gasteiger partial charge on any atom is 0.143 e. The Labute approximate surface area is 294 Å². The molecule has 49 heavy (non-hydrogen) atoms. The Hall–Kier alpha value is -6.44. The number of para-hydroxylation sites is 2. The van der Waals surface area contributed by atoms with Crippen molar-refractivity contribution in [1.82, 2.24) is 0 Å². The molecule has 1 nitrogen and oxygen atoms in total. The normalized spacial score (nSPS) is 13.7. The third-order valence-corrected chi connectivity index (χ3v) is 9.59. The highest BCUT2D eigenvalue weighted by Crippen LogP contribution is 2.46. The number of fused-ring (bicyclic) bond motifs is 6. The van der Waals surface area contributed by atoms with Crippen LogP contribution >= 0.6 is 0 Å². The molecule has 0 saturated carbocycles. The first-order valence-electron chi connectivity index (χ1n) is 19.8. The summed E-state index contributed by atoms with van der Waals surface area (Å²) in [6, 6.07) is 45.4. The zero-order valence-electron chi connectivity index (χ0n) is 33.2. The number of hydrogen-bond acceptors (Lipinski definition) is 1. The first kappa shape index (κ1) is 21.4. The third-order valence-electron chi connectivity index (χ3n) is 9.59. The highest BCUT2D eigenvalue weighted by molar-refractivity contribution is 6.24. The minimum atomic E-state index is -0.448. The number of furan rings is 1. The van der Waals surface area contributed by atoms with Gasteiger partial charge in [0, 0.05) is 21.9 Å². The van der Waals surface area contributed by atoms with Crippen molar-refractivity contribution in [2.75, 3.05) is 0 Å². The fourth-order valence-corrected chi connectivity index (χ4v) is 7.39. The smallest absolute Gasteiger partial charge is 0.143 e. The topological polar surface area (TPSA) is 13.1 Å². The van der Waals surface area contributed by atoms with Crippen LogP contribution in [0.15, 0.2) is 186 Å². The van der Waals surface area contributed by atoms with Crippen molar-refractivity contribution in [1.29, 1.82) is 0 Å². The minimum Gasteiger partial charge on any atom is -0.455 e. The molecule has 9 aromatic carbocycles. The van der Waals surface area contributed by atoms with Gasteiger partial charge in [0.1, 0.15) is 11.2 Å². The zero-order valence-corrected chi connectivity index (χ0v) is 26.2. The maximum atomic E-state index is 9.27. The van der Waals surface area contributed by atoms with E-state index >= 15 is 0 Å². The lowest BCUT2D eigenvalue weighted by atomic mass is 9.85. The summed E-state index contributed by atoms with van der Waals surface area (Å²) in [6.07, 6.45) is 0. The Bertz CT molecular complexity index is 3210. The maximum absolute atomic E-state index is 9.27. The van der Waals surface area contributed by atoms with E-state index in [0.29, 0.717) is 5.56 Å². The van der Waals surface area contributed by atoms with E-state index in [1.54, 1.807) is 0 Å². The van der Waals surface area contributed by atoms with E-state index in [9.17, 15) is 1.37 Å². The highest BCUT2D eigenvalue weighted by Gasteiger charge is 2.20. The van der Waals surface area contributed by atoms with Gasteiger partial charge in [-0.05, 0) is 77.8 Å². The van der Waals surface area contributed by atoms with E-state index in [4.69, 9.17) is 12.6 Å². The average molecular weight is 630 g/mol. The van der Waals surface area contributed by atoms with Gasteiger partial charge in [-0.2, -0.15) is 0 Å². The molecule has 0 aliphatic heterocycles. The van der Waals surface area contributed by atoms with Gasteiger partial charge in [-0.3, -0.25) is 0 Å².